The summed E-state index contributed by atoms with van der Waals surface area (Å²) in [7, 11) is 0. The number of nitrogens with one attached hydrogen (secondary N) is 2. The number of amides is 3. The van der Waals surface area contributed by atoms with Gasteiger partial charge in [-0.1, -0.05) is 25.7 Å². The van der Waals surface area contributed by atoms with Crippen LogP contribution in [-0.2, 0) is 14.4 Å². The van der Waals surface area contributed by atoms with Gasteiger partial charge in [-0.05, 0) is 63.2 Å². The van der Waals surface area contributed by atoms with Gasteiger partial charge in [-0.2, -0.15) is 0 Å². The first-order chi connectivity index (χ1) is 14.5. The maximum Gasteiger partial charge on any atom is 0.225 e. The third-order valence-corrected chi connectivity index (χ3v) is 8.24. The summed E-state index contributed by atoms with van der Waals surface area (Å²) in [5.74, 6) is 1.02. The van der Waals surface area contributed by atoms with Crippen LogP contribution in [0.25, 0.3) is 0 Å². The smallest absolute Gasteiger partial charge is 0.225 e. The molecule has 0 unspecified atom stereocenters. The molecule has 6 heteroatoms. The van der Waals surface area contributed by atoms with E-state index in [-0.39, 0.29) is 29.2 Å². The number of carbonyl (C=O) groups excluding carboxylic acids is 3. The Balaban J connectivity index is 1.12. The molecule has 4 fully saturated rings. The summed E-state index contributed by atoms with van der Waals surface area (Å²) in [6, 6.07) is 0.244. The zero-order chi connectivity index (χ0) is 21.0. The molecule has 1 aliphatic heterocycles. The number of rotatable bonds is 6. The number of hydrogen-bond donors (Lipinski definition) is 2. The molecule has 0 bridgehead atoms. The van der Waals surface area contributed by atoms with E-state index in [1.54, 1.807) is 0 Å². The van der Waals surface area contributed by atoms with Crippen LogP contribution < -0.4 is 10.6 Å². The maximum absolute atomic E-state index is 12.6. The summed E-state index contributed by atoms with van der Waals surface area (Å²) in [5, 5.41) is 6.14. The van der Waals surface area contributed by atoms with Crippen LogP contribution in [-0.4, -0.2) is 48.3 Å². The van der Waals surface area contributed by atoms with Crippen LogP contribution >= 0.6 is 0 Å². The van der Waals surface area contributed by atoms with Gasteiger partial charge in [0.25, 0.3) is 0 Å². The van der Waals surface area contributed by atoms with Gasteiger partial charge in [0, 0.05) is 43.9 Å². The highest BCUT2D eigenvalue weighted by molar-refractivity contribution is 5.81. The lowest BCUT2D eigenvalue weighted by atomic mass is 9.72. The molecular weight excluding hydrogens is 378 g/mol. The van der Waals surface area contributed by atoms with Crippen LogP contribution in [0.15, 0.2) is 0 Å². The molecule has 3 saturated carbocycles. The first kappa shape index (κ1) is 21.6. The van der Waals surface area contributed by atoms with E-state index < -0.39 is 0 Å². The van der Waals surface area contributed by atoms with Gasteiger partial charge in [-0.25, -0.2) is 0 Å². The highest BCUT2D eigenvalue weighted by Gasteiger charge is 2.44. The molecule has 4 aliphatic rings. The van der Waals surface area contributed by atoms with Crippen LogP contribution in [0, 0.1) is 17.3 Å². The predicted octanol–water partition coefficient (Wildman–Crippen LogP) is 3.15. The lowest BCUT2D eigenvalue weighted by Gasteiger charge is -2.38. The van der Waals surface area contributed by atoms with E-state index in [1.165, 1.54) is 12.8 Å². The van der Waals surface area contributed by atoms with Crippen LogP contribution in [0.2, 0.25) is 0 Å². The van der Waals surface area contributed by atoms with Gasteiger partial charge < -0.3 is 15.5 Å². The molecule has 30 heavy (non-hydrogen) atoms. The zero-order valence-corrected chi connectivity index (χ0v) is 18.4. The maximum atomic E-state index is 12.6. The summed E-state index contributed by atoms with van der Waals surface area (Å²) in [6.07, 6.45) is 14.6. The van der Waals surface area contributed by atoms with Crippen LogP contribution in [0.5, 0.6) is 0 Å². The molecule has 168 valence electrons. The Morgan fingerprint density at radius 1 is 0.833 bits per heavy atom. The molecular formula is C24H39N3O3. The van der Waals surface area contributed by atoms with Gasteiger partial charge in [-0.3, -0.25) is 14.4 Å². The van der Waals surface area contributed by atoms with Crippen molar-refractivity contribution in [2.75, 3.05) is 19.6 Å². The Morgan fingerprint density at radius 3 is 2.20 bits per heavy atom. The predicted molar refractivity (Wildman–Crippen MR) is 116 cm³/mol. The minimum atomic E-state index is 0.0492. The largest absolute Gasteiger partial charge is 0.355 e. The standard InChI is InChI=1S/C24H39N3O3/c28-21(11-15-25-22(29)18-5-2-1-3-6-18)26-20-9-12-24(13-10-20)14-16-27(17-24)23(30)19-7-4-8-19/h18-20H,1-17H2,(H,25,29)(H,26,28). The average Bonchev–Trinajstić information content (AvgIpc) is 3.13. The molecule has 0 aromatic rings. The van der Waals surface area contributed by atoms with Gasteiger partial charge in [0.05, 0.1) is 0 Å². The molecule has 4 rings (SSSR count). The van der Waals surface area contributed by atoms with Gasteiger partial charge in [-0.15, -0.1) is 0 Å². The first-order valence-corrected chi connectivity index (χ1v) is 12.4. The van der Waals surface area contributed by atoms with Crippen molar-refractivity contribution in [1.82, 2.24) is 15.5 Å². The molecule has 0 aromatic heterocycles. The van der Waals surface area contributed by atoms with Crippen molar-refractivity contribution in [3.05, 3.63) is 0 Å². The Morgan fingerprint density at radius 2 is 1.53 bits per heavy atom. The van der Waals surface area contributed by atoms with Crippen molar-refractivity contribution in [1.29, 1.82) is 0 Å². The SMILES string of the molecule is O=C(CCNC(=O)C1CCCCC1)NC1CCC2(CC1)CCN(C(=O)C1CCC1)C2. The molecule has 1 spiro atoms. The zero-order valence-electron chi connectivity index (χ0n) is 18.4. The molecule has 1 heterocycles. The average molecular weight is 418 g/mol. The molecule has 1 saturated heterocycles. The fourth-order valence-corrected chi connectivity index (χ4v) is 5.93. The highest BCUT2D eigenvalue weighted by Crippen LogP contribution is 2.44. The van der Waals surface area contributed by atoms with Gasteiger partial charge >= 0.3 is 0 Å². The summed E-state index contributed by atoms with van der Waals surface area (Å²) < 4.78 is 0. The number of likely N-dealkylation sites (tertiary alicyclic amines) is 1. The Kier molecular flexibility index (Phi) is 6.99. The quantitative estimate of drug-likeness (QED) is 0.697. The second-order valence-corrected chi connectivity index (χ2v) is 10.4. The van der Waals surface area contributed by atoms with E-state index in [0.717, 1.165) is 83.7 Å². The van der Waals surface area contributed by atoms with E-state index in [4.69, 9.17) is 0 Å². The molecule has 0 atom stereocenters. The van der Waals surface area contributed by atoms with Crippen LogP contribution in [0.4, 0.5) is 0 Å². The monoisotopic (exact) mass is 417 g/mol. The van der Waals surface area contributed by atoms with E-state index in [1.807, 2.05) is 0 Å². The first-order valence-electron chi connectivity index (χ1n) is 12.4. The van der Waals surface area contributed by atoms with Gasteiger partial charge in [0.15, 0.2) is 0 Å². The van der Waals surface area contributed by atoms with E-state index in [0.29, 0.717) is 24.8 Å². The molecule has 0 radical (unpaired) electrons. The topological polar surface area (TPSA) is 78.5 Å². The molecule has 3 amide bonds. The fourth-order valence-electron chi connectivity index (χ4n) is 5.93. The van der Waals surface area contributed by atoms with Crippen LogP contribution in [0.3, 0.4) is 0 Å². The normalized spacial score (nSPS) is 30.1. The van der Waals surface area contributed by atoms with Crippen molar-refractivity contribution < 1.29 is 14.4 Å². The van der Waals surface area contributed by atoms with Crippen molar-refractivity contribution in [3.63, 3.8) is 0 Å². The number of nitrogens with zero attached hydrogens (tertiary/aromatic N) is 1. The van der Waals surface area contributed by atoms with Crippen molar-refractivity contribution in [2.24, 2.45) is 17.3 Å². The summed E-state index contributed by atoms with van der Waals surface area (Å²) in [5.41, 5.74) is 0.286. The van der Waals surface area contributed by atoms with Crippen LogP contribution in [0.1, 0.15) is 89.9 Å². The molecule has 6 nitrogen and oxygen atoms in total. The number of hydrogen-bond acceptors (Lipinski definition) is 3. The second-order valence-electron chi connectivity index (χ2n) is 10.4. The fraction of sp³-hybridized carbons (Fsp3) is 0.875. The van der Waals surface area contributed by atoms with E-state index >= 15 is 0 Å². The van der Waals surface area contributed by atoms with Crippen molar-refractivity contribution >= 4 is 17.7 Å². The molecule has 3 aliphatic carbocycles. The third-order valence-electron chi connectivity index (χ3n) is 8.24. The number of carbonyl (C=O) groups is 3. The minimum absolute atomic E-state index is 0.0492. The lowest BCUT2D eigenvalue weighted by molar-refractivity contribution is -0.137. The Bertz CT molecular complexity index is 632. The summed E-state index contributed by atoms with van der Waals surface area (Å²) in [4.78, 5) is 39.2. The summed E-state index contributed by atoms with van der Waals surface area (Å²) >= 11 is 0. The third kappa shape index (κ3) is 5.17. The Hall–Kier alpha value is -1.59. The second kappa shape index (κ2) is 9.69. The van der Waals surface area contributed by atoms with Crippen molar-refractivity contribution in [3.8, 4) is 0 Å². The van der Waals surface area contributed by atoms with Crippen molar-refractivity contribution in [2.45, 2.75) is 95.9 Å². The highest BCUT2D eigenvalue weighted by atomic mass is 16.2. The minimum Gasteiger partial charge on any atom is -0.355 e. The molecule has 0 aromatic carbocycles. The van der Waals surface area contributed by atoms with E-state index in [9.17, 15) is 14.4 Å². The Labute approximate surface area is 180 Å². The van der Waals surface area contributed by atoms with Gasteiger partial charge in [0.1, 0.15) is 0 Å². The summed E-state index contributed by atoms with van der Waals surface area (Å²) in [6.45, 7) is 2.29. The lowest BCUT2D eigenvalue weighted by Crippen LogP contribution is -2.43. The molecule has 2 N–H and O–H groups in total. The van der Waals surface area contributed by atoms with E-state index in [2.05, 4.69) is 15.5 Å². The van der Waals surface area contributed by atoms with Gasteiger partial charge in [0.2, 0.25) is 17.7 Å².